The second-order valence-corrected chi connectivity index (χ2v) is 9.50. The monoisotopic (exact) mass is 411 g/mol. The lowest BCUT2D eigenvalue weighted by molar-refractivity contribution is 0.0981. The van der Waals surface area contributed by atoms with E-state index in [0.29, 0.717) is 33.9 Å². The molecule has 7 heteroatoms. The van der Waals surface area contributed by atoms with Gasteiger partial charge in [0.05, 0.1) is 5.82 Å². The van der Waals surface area contributed by atoms with E-state index in [4.69, 9.17) is 11.5 Å². The second kappa shape index (κ2) is 7.72. The molecule has 0 amide bonds. The second-order valence-electron chi connectivity index (χ2n) is 9.50. The van der Waals surface area contributed by atoms with Gasteiger partial charge in [0, 0.05) is 47.0 Å². The molecule has 30 heavy (non-hydrogen) atoms. The van der Waals surface area contributed by atoms with Gasteiger partial charge in [0.25, 0.3) is 0 Å². The summed E-state index contributed by atoms with van der Waals surface area (Å²) in [6.07, 6.45) is 6.86. The van der Waals surface area contributed by atoms with Gasteiger partial charge in [-0.05, 0) is 76.3 Å². The van der Waals surface area contributed by atoms with E-state index < -0.39 is 0 Å². The first-order chi connectivity index (χ1) is 13.9. The Bertz CT molecular complexity index is 994. The Morgan fingerprint density at radius 2 is 1.77 bits per heavy atom. The number of fused-ring (bicyclic) bond motifs is 1. The van der Waals surface area contributed by atoms with Crippen LogP contribution in [0.2, 0.25) is 0 Å². The third kappa shape index (κ3) is 4.62. The molecule has 2 aromatic rings. The average molecular weight is 412 g/mol. The first-order valence-corrected chi connectivity index (χ1v) is 10.1. The van der Waals surface area contributed by atoms with Gasteiger partial charge in [-0.3, -0.25) is 0 Å². The van der Waals surface area contributed by atoms with Crippen LogP contribution in [0.15, 0.2) is 42.4 Å². The number of hydrogen-bond acceptors (Lipinski definition) is 7. The smallest absolute Gasteiger partial charge is 0.218 e. The number of nitrogens with two attached hydrogens (primary N) is 2. The minimum absolute atomic E-state index is 0.0166. The first-order valence-electron chi connectivity index (χ1n) is 10.1. The van der Waals surface area contributed by atoms with Crippen molar-refractivity contribution in [3.05, 3.63) is 47.9 Å². The van der Waals surface area contributed by atoms with Gasteiger partial charge in [-0.1, -0.05) is 0 Å². The summed E-state index contributed by atoms with van der Waals surface area (Å²) in [5.41, 5.74) is 13.4. The third-order valence-electron chi connectivity index (χ3n) is 5.73. The number of hydrogen-bond donors (Lipinski definition) is 5. The number of nitrogens with one attached hydrogen (secondary N) is 1. The number of benzene rings is 1. The standard InChI is InChI=1S/C23H33N5O2/c1-22(2)12-15(13-23(3,4)27-22)28(5)20(25)7-6-18(24)17-11-16-14(10-19(17)29)8-9-26-21(16)30/h6-11,15,27,29H,12-13,24-25H2,1-5H3,(H,26,30)/b18-6-,20-7+. The van der Waals surface area contributed by atoms with Crippen molar-refractivity contribution >= 4 is 16.5 Å². The maximum absolute atomic E-state index is 10.4. The van der Waals surface area contributed by atoms with Crippen LogP contribution in [0.3, 0.4) is 0 Å². The van der Waals surface area contributed by atoms with Gasteiger partial charge in [-0.25, -0.2) is 4.98 Å². The first kappa shape index (κ1) is 21.8. The zero-order valence-corrected chi connectivity index (χ0v) is 18.4. The molecule has 1 aliphatic rings. The molecule has 0 atom stereocenters. The lowest BCUT2D eigenvalue weighted by Crippen LogP contribution is -2.61. The summed E-state index contributed by atoms with van der Waals surface area (Å²) in [4.78, 5) is 5.97. The molecule has 7 nitrogen and oxygen atoms in total. The molecular formula is C23H33N5O2. The molecule has 0 saturated carbocycles. The number of pyridine rings is 1. The van der Waals surface area contributed by atoms with E-state index in [9.17, 15) is 10.2 Å². The van der Waals surface area contributed by atoms with Crippen molar-refractivity contribution in [3.63, 3.8) is 0 Å². The molecule has 0 radical (unpaired) electrons. The molecule has 7 N–H and O–H groups in total. The summed E-state index contributed by atoms with van der Waals surface area (Å²) in [7, 11) is 2.00. The van der Waals surface area contributed by atoms with Crippen molar-refractivity contribution in [1.82, 2.24) is 15.2 Å². The number of allylic oxidation sites excluding steroid dienone is 2. The number of aromatic hydroxyl groups is 2. The van der Waals surface area contributed by atoms with Crippen molar-refractivity contribution in [2.75, 3.05) is 7.05 Å². The zero-order valence-electron chi connectivity index (χ0n) is 18.4. The van der Waals surface area contributed by atoms with Crippen LogP contribution in [-0.4, -0.2) is 44.3 Å². The van der Waals surface area contributed by atoms with Gasteiger partial charge in [0.1, 0.15) is 5.75 Å². The van der Waals surface area contributed by atoms with Crippen LogP contribution in [0.4, 0.5) is 0 Å². The van der Waals surface area contributed by atoms with Gasteiger partial charge < -0.3 is 31.9 Å². The number of phenols is 1. The number of phenolic OH excluding ortho intramolecular Hbond substituents is 1. The predicted octanol–water partition coefficient (Wildman–Crippen LogP) is 2.99. The zero-order chi connectivity index (χ0) is 22.3. The van der Waals surface area contributed by atoms with Crippen molar-refractivity contribution < 1.29 is 10.2 Å². The lowest BCUT2D eigenvalue weighted by atomic mass is 9.79. The van der Waals surface area contributed by atoms with E-state index in [1.165, 1.54) is 6.20 Å². The summed E-state index contributed by atoms with van der Waals surface area (Å²) in [6, 6.07) is 5.20. The van der Waals surface area contributed by atoms with E-state index in [1.54, 1.807) is 30.4 Å². The molecule has 2 heterocycles. The van der Waals surface area contributed by atoms with Crippen molar-refractivity contribution in [3.8, 4) is 11.6 Å². The van der Waals surface area contributed by atoms with Gasteiger partial charge in [-0.15, -0.1) is 0 Å². The highest BCUT2D eigenvalue weighted by molar-refractivity contribution is 5.91. The third-order valence-corrected chi connectivity index (χ3v) is 5.73. The minimum Gasteiger partial charge on any atom is -0.507 e. The Labute approximate surface area is 178 Å². The van der Waals surface area contributed by atoms with Crippen LogP contribution < -0.4 is 16.8 Å². The van der Waals surface area contributed by atoms with Gasteiger partial charge in [0.2, 0.25) is 5.88 Å². The number of aromatic nitrogens is 1. The Hall–Kier alpha value is -2.93. The van der Waals surface area contributed by atoms with E-state index >= 15 is 0 Å². The molecule has 1 aromatic carbocycles. The molecule has 1 saturated heterocycles. The van der Waals surface area contributed by atoms with Gasteiger partial charge in [-0.2, -0.15) is 0 Å². The van der Waals surface area contributed by atoms with Crippen molar-refractivity contribution in [2.45, 2.75) is 57.7 Å². The summed E-state index contributed by atoms with van der Waals surface area (Å²) in [6.45, 7) is 8.83. The molecule has 1 aliphatic heterocycles. The van der Waals surface area contributed by atoms with Crippen LogP contribution in [0.25, 0.3) is 16.5 Å². The van der Waals surface area contributed by atoms with Crippen LogP contribution in [0.1, 0.15) is 46.1 Å². The van der Waals surface area contributed by atoms with Crippen LogP contribution in [0.5, 0.6) is 11.6 Å². The molecule has 0 aliphatic carbocycles. The fourth-order valence-electron chi connectivity index (χ4n) is 4.56. The predicted molar refractivity (Wildman–Crippen MR) is 122 cm³/mol. The summed E-state index contributed by atoms with van der Waals surface area (Å²) in [5.74, 6) is 0.526. The van der Waals surface area contributed by atoms with Crippen LogP contribution in [-0.2, 0) is 0 Å². The summed E-state index contributed by atoms with van der Waals surface area (Å²) in [5, 5.41) is 25.2. The molecule has 1 fully saturated rings. The Morgan fingerprint density at radius 1 is 1.13 bits per heavy atom. The molecule has 162 valence electrons. The van der Waals surface area contributed by atoms with Crippen LogP contribution in [0, 0.1) is 0 Å². The molecule has 3 rings (SSSR count). The largest absolute Gasteiger partial charge is 0.507 e. The van der Waals surface area contributed by atoms with E-state index in [-0.39, 0.29) is 22.7 Å². The quantitative estimate of drug-likeness (QED) is 0.490. The Balaban J connectivity index is 1.85. The number of nitrogens with zero attached hydrogens (tertiary/aromatic N) is 2. The average Bonchev–Trinajstić information content (AvgIpc) is 2.62. The molecule has 0 bridgehead atoms. The highest BCUT2D eigenvalue weighted by Gasteiger charge is 2.39. The van der Waals surface area contributed by atoms with Gasteiger partial charge in [0.15, 0.2) is 0 Å². The molecule has 0 unspecified atom stereocenters. The highest BCUT2D eigenvalue weighted by Crippen LogP contribution is 2.33. The molecule has 1 aromatic heterocycles. The van der Waals surface area contributed by atoms with E-state index in [1.807, 2.05) is 7.05 Å². The minimum atomic E-state index is -0.104. The summed E-state index contributed by atoms with van der Waals surface area (Å²) < 4.78 is 0. The summed E-state index contributed by atoms with van der Waals surface area (Å²) >= 11 is 0. The maximum atomic E-state index is 10.4. The SMILES string of the molecule is CN(/C(N)=C/C=C(\N)c1cc2c(O)nccc2cc1O)C1CC(C)(C)NC(C)(C)C1. The van der Waals surface area contributed by atoms with Crippen molar-refractivity contribution in [1.29, 1.82) is 0 Å². The van der Waals surface area contributed by atoms with Gasteiger partial charge >= 0.3 is 0 Å². The Kier molecular flexibility index (Phi) is 5.60. The lowest BCUT2D eigenvalue weighted by Gasteiger charge is -2.49. The highest BCUT2D eigenvalue weighted by atomic mass is 16.3. The maximum Gasteiger partial charge on any atom is 0.218 e. The van der Waals surface area contributed by atoms with Crippen LogP contribution >= 0.6 is 0 Å². The van der Waals surface area contributed by atoms with Crippen molar-refractivity contribution in [2.24, 2.45) is 11.5 Å². The number of piperidine rings is 1. The molecule has 0 spiro atoms. The molecular weight excluding hydrogens is 378 g/mol. The van der Waals surface area contributed by atoms with E-state index in [0.717, 1.165) is 12.8 Å². The normalized spacial score (nSPS) is 19.8. The number of rotatable bonds is 4. The topological polar surface area (TPSA) is 121 Å². The Morgan fingerprint density at radius 3 is 2.40 bits per heavy atom. The fraction of sp³-hybridized carbons (Fsp3) is 0.435. The van der Waals surface area contributed by atoms with E-state index in [2.05, 4.69) is 42.9 Å². The fourth-order valence-corrected chi connectivity index (χ4v) is 4.56.